The Morgan fingerprint density at radius 3 is 2.69 bits per heavy atom. The van der Waals surface area contributed by atoms with E-state index in [2.05, 4.69) is 9.72 Å². The van der Waals surface area contributed by atoms with E-state index in [9.17, 15) is 4.79 Å². The zero-order chi connectivity index (χ0) is 12.3. The topological polar surface area (TPSA) is 65.2 Å². The molecule has 4 nitrogen and oxygen atoms in total. The molecule has 1 rings (SSSR count). The number of nitrogens with zero attached hydrogens (tertiary/aromatic N) is 1. The fraction of sp³-hybridized carbons (Fsp3) is 0.500. The van der Waals surface area contributed by atoms with E-state index in [-0.39, 0.29) is 0 Å². The highest BCUT2D eigenvalue weighted by Crippen LogP contribution is 2.26. The first-order valence-electron chi connectivity index (χ1n) is 5.16. The van der Waals surface area contributed by atoms with Crippen molar-refractivity contribution in [3.05, 3.63) is 29.6 Å². The van der Waals surface area contributed by atoms with Gasteiger partial charge in [0.05, 0.1) is 7.11 Å². The SMILES string of the molecule is COC(=O)C(N)C(C)(C)c1ccnc(C)c1. The van der Waals surface area contributed by atoms with Crippen molar-refractivity contribution < 1.29 is 9.53 Å². The number of nitrogens with two attached hydrogens (primary N) is 1. The highest BCUT2D eigenvalue weighted by molar-refractivity contribution is 5.77. The zero-order valence-electron chi connectivity index (χ0n) is 10.2. The van der Waals surface area contributed by atoms with E-state index in [1.807, 2.05) is 32.9 Å². The highest BCUT2D eigenvalue weighted by Gasteiger charge is 2.34. The number of carbonyl (C=O) groups excluding carboxylic acids is 1. The monoisotopic (exact) mass is 222 g/mol. The molecular weight excluding hydrogens is 204 g/mol. The average Bonchev–Trinajstić information content (AvgIpc) is 2.27. The van der Waals surface area contributed by atoms with Crippen molar-refractivity contribution in [3.8, 4) is 0 Å². The van der Waals surface area contributed by atoms with Crippen LogP contribution in [-0.2, 0) is 14.9 Å². The van der Waals surface area contributed by atoms with Gasteiger partial charge in [0.2, 0.25) is 0 Å². The maximum Gasteiger partial charge on any atom is 0.323 e. The van der Waals surface area contributed by atoms with Crippen LogP contribution in [0.25, 0.3) is 0 Å². The summed E-state index contributed by atoms with van der Waals surface area (Å²) in [7, 11) is 1.34. The van der Waals surface area contributed by atoms with Crippen molar-refractivity contribution in [1.82, 2.24) is 4.98 Å². The van der Waals surface area contributed by atoms with Crippen LogP contribution in [0.2, 0.25) is 0 Å². The van der Waals surface area contributed by atoms with Crippen molar-refractivity contribution in [1.29, 1.82) is 0 Å². The summed E-state index contributed by atoms with van der Waals surface area (Å²) in [6.45, 7) is 5.75. The third-order valence-electron chi connectivity index (χ3n) is 2.87. The number of hydrogen-bond donors (Lipinski definition) is 1. The predicted octanol–water partition coefficient (Wildman–Crippen LogP) is 1.17. The number of aromatic nitrogens is 1. The normalized spacial score (nSPS) is 13.3. The van der Waals surface area contributed by atoms with Gasteiger partial charge in [-0.15, -0.1) is 0 Å². The molecule has 0 saturated heterocycles. The van der Waals surface area contributed by atoms with Crippen LogP contribution in [0.4, 0.5) is 0 Å². The van der Waals surface area contributed by atoms with Gasteiger partial charge in [0.25, 0.3) is 0 Å². The summed E-state index contributed by atoms with van der Waals surface area (Å²) in [5, 5.41) is 0. The van der Waals surface area contributed by atoms with Gasteiger partial charge in [-0.25, -0.2) is 0 Å². The molecule has 1 atom stereocenters. The second kappa shape index (κ2) is 4.61. The summed E-state index contributed by atoms with van der Waals surface area (Å²) >= 11 is 0. The summed E-state index contributed by atoms with van der Waals surface area (Å²) in [4.78, 5) is 15.6. The molecule has 1 unspecified atom stereocenters. The molecule has 0 aliphatic heterocycles. The van der Waals surface area contributed by atoms with Crippen LogP contribution in [-0.4, -0.2) is 24.1 Å². The van der Waals surface area contributed by atoms with Gasteiger partial charge in [-0.1, -0.05) is 13.8 Å². The molecule has 1 heterocycles. The van der Waals surface area contributed by atoms with Gasteiger partial charge >= 0.3 is 5.97 Å². The standard InChI is InChI=1S/C12H18N2O2/c1-8-7-9(5-6-14-8)12(2,3)10(13)11(15)16-4/h5-7,10H,13H2,1-4H3. The van der Waals surface area contributed by atoms with E-state index in [4.69, 9.17) is 5.73 Å². The lowest BCUT2D eigenvalue weighted by molar-refractivity contribution is -0.143. The van der Waals surface area contributed by atoms with Crippen molar-refractivity contribution in [3.63, 3.8) is 0 Å². The first-order chi connectivity index (χ1) is 7.39. The van der Waals surface area contributed by atoms with Crippen molar-refractivity contribution >= 4 is 5.97 Å². The third-order valence-corrected chi connectivity index (χ3v) is 2.87. The molecule has 16 heavy (non-hydrogen) atoms. The minimum atomic E-state index is -0.681. The molecule has 0 radical (unpaired) electrons. The van der Waals surface area contributed by atoms with E-state index < -0.39 is 17.4 Å². The van der Waals surface area contributed by atoms with Crippen molar-refractivity contribution in [2.24, 2.45) is 5.73 Å². The molecule has 2 N–H and O–H groups in total. The maximum absolute atomic E-state index is 11.5. The number of pyridine rings is 1. The highest BCUT2D eigenvalue weighted by atomic mass is 16.5. The fourth-order valence-corrected chi connectivity index (χ4v) is 1.55. The van der Waals surface area contributed by atoms with Gasteiger partial charge in [0.1, 0.15) is 6.04 Å². The quantitative estimate of drug-likeness (QED) is 0.780. The number of hydrogen-bond acceptors (Lipinski definition) is 4. The lowest BCUT2D eigenvalue weighted by atomic mass is 9.78. The Bertz CT molecular complexity index is 388. The van der Waals surface area contributed by atoms with Crippen LogP contribution in [0.1, 0.15) is 25.1 Å². The number of rotatable bonds is 3. The first-order valence-corrected chi connectivity index (χ1v) is 5.16. The predicted molar refractivity (Wildman–Crippen MR) is 62.0 cm³/mol. The first kappa shape index (κ1) is 12.6. The molecule has 0 saturated carbocycles. The molecule has 4 heteroatoms. The lowest BCUT2D eigenvalue weighted by Crippen LogP contribution is -2.47. The summed E-state index contributed by atoms with van der Waals surface area (Å²) in [5.41, 5.74) is 7.31. The number of esters is 1. The molecule has 0 bridgehead atoms. The van der Waals surface area contributed by atoms with Crippen LogP contribution < -0.4 is 5.73 Å². The minimum Gasteiger partial charge on any atom is -0.468 e. The largest absolute Gasteiger partial charge is 0.468 e. The molecule has 0 spiro atoms. The molecule has 1 aromatic heterocycles. The fourth-order valence-electron chi connectivity index (χ4n) is 1.55. The summed E-state index contributed by atoms with van der Waals surface area (Å²) in [5.74, 6) is -0.403. The van der Waals surface area contributed by atoms with E-state index in [0.29, 0.717) is 0 Å². The Morgan fingerprint density at radius 2 is 2.19 bits per heavy atom. The lowest BCUT2D eigenvalue weighted by Gasteiger charge is -2.30. The maximum atomic E-state index is 11.5. The molecule has 0 aliphatic carbocycles. The third kappa shape index (κ3) is 2.39. The Kier molecular flexibility index (Phi) is 3.65. The molecule has 1 aromatic rings. The van der Waals surface area contributed by atoms with Crippen molar-refractivity contribution in [2.75, 3.05) is 7.11 Å². The van der Waals surface area contributed by atoms with Gasteiger partial charge in [-0.3, -0.25) is 9.78 Å². The number of methoxy groups -OCH3 is 1. The van der Waals surface area contributed by atoms with Gasteiger partial charge in [0.15, 0.2) is 0 Å². The molecule has 0 amide bonds. The van der Waals surface area contributed by atoms with Gasteiger partial charge in [-0.05, 0) is 24.6 Å². The van der Waals surface area contributed by atoms with Crippen LogP contribution in [0.15, 0.2) is 18.3 Å². The number of carbonyl (C=O) groups is 1. The van der Waals surface area contributed by atoms with Crippen molar-refractivity contribution in [2.45, 2.75) is 32.2 Å². The van der Waals surface area contributed by atoms with Crippen LogP contribution in [0.3, 0.4) is 0 Å². The Morgan fingerprint density at radius 1 is 1.56 bits per heavy atom. The molecule has 0 aliphatic rings. The smallest absolute Gasteiger partial charge is 0.323 e. The average molecular weight is 222 g/mol. The van der Waals surface area contributed by atoms with E-state index in [1.54, 1.807) is 6.20 Å². The minimum absolute atomic E-state index is 0.403. The second-order valence-corrected chi connectivity index (χ2v) is 4.41. The summed E-state index contributed by atoms with van der Waals surface area (Å²) in [6, 6.07) is 3.12. The van der Waals surface area contributed by atoms with E-state index in [1.165, 1.54) is 7.11 Å². The summed E-state index contributed by atoms with van der Waals surface area (Å²) < 4.78 is 4.67. The van der Waals surface area contributed by atoms with Crippen LogP contribution >= 0.6 is 0 Å². The number of aryl methyl sites for hydroxylation is 1. The number of ether oxygens (including phenoxy) is 1. The van der Waals surface area contributed by atoms with Gasteiger partial charge in [0, 0.05) is 17.3 Å². The van der Waals surface area contributed by atoms with E-state index >= 15 is 0 Å². The molecule has 0 aromatic carbocycles. The molecule has 0 fully saturated rings. The molecule has 88 valence electrons. The summed E-state index contributed by atoms with van der Waals surface area (Å²) in [6.07, 6.45) is 1.72. The van der Waals surface area contributed by atoms with Gasteiger partial charge < -0.3 is 10.5 Å². The van der Waals surface area contributed by atoms with Crippen LogP contribution in [0.5, 0.6) is 0 Å². The van der Waals surface area contributed by atoms with Gasteiger partial charge in [-0.2, -0.15) is 0 Å². The van der Waals surface area contributed by atoms with Crippen LogP contribution in [0, 0.1) is 6.92 Å². The Balaban J connectivity index is 3.05. The Labute approximate surface area is 95.8 Å². The molecular formula is C12H18N2O2. The van der Waals surface area contributed by atoms with E-state index in [0.717, 1.165) is 11.3 Å². The Hall–Kier alpha value is -1.42. The zero-order valence-corrected chi connectivity index (χ0v) is 10.2. The second-order valence-electron chi connectivity index (χ2n) is 4.41.